The number of rotatable bonds is 8. The summed E-state index contributed by atoms with van der Waals surface area (Å²) in [5.74, 6) is 0.273. The summed E-state index contributed by atoms with van der Waals surface area (Å²) < 4.78 is 24.1. The molecule has 26 heavy (non-hydrogen) atoms. The molecule has 1 N–H and O–H groups in total. The Morgan fingerprint density at radius 2 is 1.81 bits per heavy atom. The maximum absolute atomic E-state index is 13.2. The SMILES string of the molecule is CCOP(=O)(CN(c1cccnc1)c1cc(C)c(O)c(C)c1C)OCC. The van der Waals surface area contributed by atoms with E-state index >= 15 is 0 Å². The number of aromatic hydroxyl groups is 1. The summed E-state index contributed by atoms with van der Waals surface area (Å²) in [6.07, 6.45) is 3.45. The molecular formula is C19H27N2O4P. The number of aromatic nitrogens is 1. The van der Waals surface area contributed by atoms with Crippen molar-refractivity contribution in [3.8, 4) is 5.75 Å². The van der Waals surface area contributed by atoms with Gasteiger partial charge in [-0.05, 0) is 69.5 Å². The zero-order valence-electron chi connectivity index (χ0n) is 16.0. The monoisotopic (exact) mass is 378 g/mol. The number of phenols is 1. The molecule has 1 aromatic heterocycles. The third kappa shape index (κ3) is 4.44. The summed E-state index contributed by atoms with van der Waals surface area (Å²) >= 11 is 0. The lowest BCUT2D eigenvalue weighted by atomic mass is 10.0. The van der Waals surface area contributed by atoms with Gasteiger partial charge in [-0.1, -0.05) is 0 Å². The van der Waals surface area contributed by atoms with E-state index in [0.717, 1.165) is 28.1 Å². The smallest absolute Gasteiger partial charge is 0.350 e. The molecule has 1 heterocycles. The predicted octanol–water partition coefficient (Wildman–Crippen LogP) is 5.07. The molecule has 0 amide bonds. The Kier molecular flexibility index (Phi) is 6.81. The van der Waals surface area contributed by atoms with Crippen molar-refractivity contribution < 1.29 is 18.7 Å². The number of nitrogens with zero attached hydrogens (tertiary/aromatic N) is 2. The first-order valence-electron chi connectivity index (χ1n) is 8.68. The van der Waals surface area contributed by atoms with Gasteiger partial charge in [0.25, 0.3) is 0 Å². The Morgan fingerprint density at radius 1 is 1.15 bits per heavy atom. The average molecular weight is 378 g/mol. The topological polar surface area (TPSA) is 71.9 Å². The summed E-state index contributed by atoms with van der Waals surface area (Å²) in [6.45, 7) is 9.82. The van der Waals surface area contributed by atoms with Gasteiger partial charge in [-0.15, -0.1) is 0 Å². The fourth-order valence-electron chi connectivity index (χ4n) is 2.82. The summed E-state index contributed by atoms with van der Waals surface area (Å²) in [5, 5.41) is 10.2. The minimum Gasteiger partial charge on any atom is -0.507 e. The van der Waals surface area contributed by atoms with Crippen LogP contribution in [0.15, 0.2) is 30.6 Å². The van der Waals surface area contributed by atoms with Crippen LogP contribution in [0.3, 0.4) is 0 Å². The van der Waals surface area contributed by atoms with Gasteiger partial charge in [0, 0.05) is 11.9 Å². The fourth-order valence-corrected chi connectivity index (χ4v) is 4.51. The van der Waals surface area contributed by atoms with E-state index in [2.05, 4.69) is 4.98 Å². The van der Waals surface area contributed by atoms with Crippen molar-refractivity contribution in [2.75, 3.05) is 24.4 Å². The molecule has 6 nitrogen and oxygen atoms in total. The van der Waals surface area contributed by atoms with Gasteiger partial charge < -0.3 is 19.1 Å². The van der Waals surface area contributed by atoms with Gasteiger partial charge in [0.1, 0.15) is 12.0 Å². The highest BCUT2D eigenvalue weighted by molar-refractivity contribution is 7.54. The average Bonchev–Trinajstić information content (AvgIpc) is 2.62. The van der Waals surface area contributed by atoms with Gasteiger partial charge in [0.2, 0.25) is 0 Å². The minimum absolute atomic E-state index is 0.0604. The quantitative estimate of drug-likeness (QED) is 0.646. The molecule has 0 atom stereocenters. The normalized spacial score (nSPS) is 11.6. The highest BCUT2D eigenvalue weighted by Crippen LogP contribution is 2.51. The van der Waals surface area contributed by atoms with Crippen LogP contribution in [0.4, 0.5) is 11.4 Å². The third-order valence-corrected chi connectivity index (χ3v) is 6.18. The molecule has 142 valence electrons. The molecule has 0 bridgehead atoms. The van der Waals surface area contributed by atoms with Crippen LogP contribution in [-0.4, -0.2) is 29.6 Å². The molecule has 0 aliphatic heterocycles. The second kappa shape index (κ2) is 8.67. The maximum Gasteiger partial charge on any atom is 0.350 e. The number of benzene rings is 1. The second-order valence-electron chi connectivity index (χ2n) is 6.04. The van der Waals surface area contributed by atoms with Crippen molar-refractivity contribution in [1.82, 2.24) is 4.98 Å². The van der Waals surface area contributed by atoms with E-state index in [0.29, 0.717) is 13.2 Å². The van der Waals surface area contributed by atoms with Crippen LogP contribution < -0.4 is 4.90 Å². The zero-order valence-corrected chi connectivity index (χ0v) is 16.9. The molecule has 0 fully saturated rings. The van der Waals surface area contributed by atoms with E-state index in [4.69, 9.17) is 9.05 Å². The van der Waals surface area contributed by atoms with Crippen LogP contribution in [0.2, 0.25) is 0 Å². The Hall–Kier alpha value is -1.88. The van der Waals surface area contributed by atoms with Crippen LogP contribution in [0, 0.1) is 20.8 Å². The van der Waals surface area contributed by atoms with Crippen LogP contribution in [0.25, 0.3) is 0 Å². The van der Waals surface area contributed by atoms with E-state index in [-0.39, 0.29) is 12.0 Å². The first-order chi connectivity index (χ1) is 12.3. The molecule has 1 aromatic carbocycles. The lowest BCUT2D eigenvalue weighted by Crippen LogP contribution is -2.22. The molecule has 2 rings (SSSR count). The highest BCUT2D eigenvalue weighted by Gasteiger charge is 2.30. The Labute approximate surface area is 155 Å². The second-order valence-corrected chi connectivity index (χ2v) is 8.06. The molecule has 0 saturated carbocycles. The number of aryl methyl sites for hydroxylation is 1. The van der Waals surface area contributed by atoms with Crippen molar-refractivity contribution in [1.29, 1.82) is 0 Å². The van der Waals surface area contributed by atoms with E-state index < -0.39 is 7.60 Å². The molecule has 0 saturated heterocycles. The lowest BCUT2D eigenvalue weighted by Gasteiger charge is -2.30. The molecule has 0 aliphatic rings. The largest absolute Gasteiger partial charge is 0.507 e. The molecule has 2 aromatic rings. The first-order valence-corrected chi connectivity index (χ1v) is 10.4. The zero-order chi connectivity index (χ0) is 19.3. The number of phenolic OH excluding ortho intramolecular Hbond substituents is 1. The fraction of sp³-hybridized carbons (Fsp3) is 0.421. The Balaban J connectivity index is 2.58. The number of pyridine rings is 1. The number of hydrogen-bond donors (Lipinski definition) is 1. The summed E-state index contributed by atoms with van der Waals surface area (Å²) in [5.41, 5.74) is 4.05. The van der Waals surface area contributed by atoms with Crippen molar-refractivity contribution in [2.24, 2.45) is 0 Å². The van der Waals surface area contributed by atoms with E-state index in [1.165, 1.54) is 0 Å². The summed E-state index contributed by atoms with van der Waals surface area (Å²) in [7, 11) is -3.33. The van der Waals surface area contributed by atoms with Gasteiger partial charge in [-0.3, -0.25) is 9.55 Å². The molecule has 7 heteroatoms. The summed E-state index contributed by atoms with van der Waals surface area (Å²) in [6, 6.07) is 5.60. The van der Waals surface area contributed by atoms with E-state index in [1.54, 1.807) is 26.2 Å². The van der Waals surface area contributed by atoms with Crippen molar-refractivity contribution in [3.63, 3.8) is 0 Å². The summed E-state index contributed by atoms with van der Waals surface area (Å²) in [4.78, 5) is 6.07. The van der Waals surface area contributed by atoms with Crippen molar-refractivity contribution in [3.05, 3.63) is 47.3 Å². The van der Waals surface area contributed by atoms with Crippen molar-refractivity contribution in [2.45, 2.75) is 34.6 Å². The number of hydrogen-bond acceptors (Lipinski definition) is 6. The third-order valence-electron chi connectivity index (χ3n) is 4.24. The van der Waals surface area contributed by atoms with Gasteiger partial charge in [0.15, 0.2) is 0 Å². The van der Waals surface area contributed by atoms with Crippen LogP contribution in [-0.2, 0) is 13.6 Å². The number of anilines is 2. The molecule has 0 radical (unpaired) electrons. The molecule has 0 aliphatic carbocycles. The van der Waals surface area contributed by atoms with Crippen molar-refractivity contribution >= 4 is 19.0 Å². The van der Waals surface area contributed by atoms with Gasteiger partial charge in [0.05, 0.1) is 25.1 Å². The lowest BCUT2D eigenvalue weighted by molar-refractivity contribution is 0.220. The standard InChI is InChI=1S/C19H27N2O4P/c1-6-24-26(23,25-7-2)13-21(17-9-8-10-20-12-17)18-11-14(3)19(22)16(5)15(18)4/h8-12,22H,6-7,13H2,1-5H3. The van der Waals surface area contributed by atoms with Gasteiger partial charge in [-0.25, -0.2) is 0 Å². The van der Waals surface area contributed by atoms with Gasteiger partial charge in [-0.2, -0.15) is 0 Å². The highest BCUT2D eigenvalue weighted by atomic mass is 31.2. The van der Waals surface area contributed by atoms with Crippen LogP contribution in [0.5, 0.6) is 5.75 Å². The maximum atomic E-state index is 13.2. The van der Waals surface area contributed by atoms with E-state index in [9.17, 15) is 9.67 Å². The van der Waals surface area contributed by atoms with E-state index in [1.807, 2.05) is 43.9 Å². The first kappa shape index (κ1) is 20.4. The predicted molar refractivity (Wildman–Crippen MR) is 104 cm³/mol. The Bertz CT molecular complexity index is 786. The van der Waals surface area contributed by atoms with Crippen LogP contribution in [0.1, 0.15) is 30.5 Å². The molecule has 0 unspecified atom stereocenters. The molecular weight excluding hydrogens is 351 g/mol. The Morgan fingerprint density at radius 3 is 2.35 bits per heavy atom. The van der Waals surface area contributed by atoms with Crippen LogP contribution >= 0.6 is 7.60 Å². The minimum atomic E-state index is -3.33. The van der Waals surface area contributed by atoms with Gasteiger partial charge >= 0.3 is 7.60 Å². The molecule has 0 spiro atoms.